The first-order chi connectivity index (χ1) is 6.27. The second kappa shape index (κ2) is 5.66. The lowest BCUT2D eigenvalue weighted by Crippen LogP contribution is -1.84. The molecule has 0 N–H and O–H groups in total. The van der Waals surface area contributed by atoms with Crippen molar-refractivity contribution in [3.8, 4) is 0 Å². The first-order valence-electron chi connectivity index (χ1n) is 3.70. The summed E-state index contributed by atoms with van der Waals surface area (Å²) in [7, 11) is 0. The van der Waals surface area contributed by atoms with Crippen molar-refractivity contribution in [3.63, 3.8) is 0 Å². The minimum atomic E-state index is 0.827. The normalized spacial score (nSPS) is 9.38. The van der Waals surface area contributed by atoms with Crippen LogP contribution in [0.1, 0.15) is 5.56 Å². The number of alkyl halides is 1. The fourth-order valence-corrected chi connectivity index (χ4v) is 2.03. The topological polar surface area (TPSA) is 12.4 Å². The fourth-order valence-electron chi connectivity index (χ4n) is 0.955. The van der Waals surface area contributed by atoms with E-state index < -0.39 is 0 Å². The minimum absolute atomic E-state index is 0.827. The summed E-state index contributed by atoms with van der Waals surface area (Å²) < 4.78 is 0.961. The number of aryl methyl sites for hydroxylation is 1. The van der Waals surface area contributed by atoms with E-state index in [-0.39, 0.29) is 0 Å². The van der Waals surface area contributed by atoms with Crippen LogP contribution < -0.4 is 0 Å². The molecule has 1 nitrogen and oxygen atoms in total. The highest BCUT2D eigenvalue weighted by Gasteiger charge is 1.99. The third-order valence-electron chi connectivity index (χ3n) is 1.56. The first-order valence-corrected chi connectivity index (χ1v) is 6.02. The van der Waals surface area contributed by atoms with Gasteiger partial charge in [0.1, 0.15) is 0 Å². The molecule has 0 saturated heterocycles. The number of rotatable bonds is 3. The fraction of sp³-hybridized carbons (Fsp3) is 0.222. The third-order valence-corrected chi connectivity index (χ3v) is 2.68. The monoisotopic (exact) mass is 319 g/mol. The lowest BCUT2D eigenvalue weighted by Gasteiger charge is -2.00. The Labute approximate surface area is 99.5 Å². The molecule has 0 aliphatic rings. The molecule has 0 radical (unpaired) electrons. The van der Waals surface area contributed by atoms with E-state index in [1.54, 1.807) is 0 Å². The SMILES string of the molecule is S=C=Nc1ccc(CCBr)cc1Br. The van der Waals surface area contributed by atoms with Gasteiger partial charge in [0.25, 0.3) is 0 Å². The molecular weight excluding hydrogens is 314 g/mol. The molecule has 1 rings (SSSR count). The highest BCUT2D eigenvalue weighted by molar-refractivity contribution is 9.10. The van der Waals surface area contributed by atoms with Crippen molar-refractivity contribution in [2.45, 2.75) is 6.42 Å². The van der Waals surface area contributed by atoms with E-state index in [4.69, 9.17) is 0 Å². The molecule has 0 aliphatic heterocycles. The molecule has 0 aromatic heterocycles. The zero-order valence-electron chi connectivity index (χ0n) is 6.76. The van der Waals surface area contributed by atoms with Gasteiger partial charge in [0.2, 0.25) is 0 Å². The highest BCUT2D eigenvalue weighted by Crippen LogP contribution is 2.26. The summed E-state index contributed by atoms with van der Waals surface area (Å²) >= 11 is 11.3. The second-order valence-electron chi connectivity index (χ2n) is 2.43. The Hall–Kier alpha value is -0.0200. The maximum atomic E-state index is 4.53. The minimum Gasteiger partial charge on any atom is -0.194 e. The number of isothiocyanates is 1. The van der Waals surface area contributed by atoms with Crippen molar-refractivity contribution >= 4 is 54.9 Å². The molecule has 4 heteroatoms. The van der Waals surface area contributed by atoms with Gasteiger partial charge in [-0.3, -0.25) is 0 Å². The van der Waals surface area contributed by atoms with Gasteiger partial charge in [-0.25, -0.2) is 0 Å². The summed E-state index contributed by atoms with van der Waals surface area (Å²) in [6.45, 7) is 0. The first kappa shape index (κ1) is 11.1. The molecule has 0 spiro atoms. The highest BCUT2D eigenvalue weighted by atomic mass is 79.9. The molecule has 0 amide bonds. The van der Waals surface area contributed by atoms with E-state index in [2.05, 4.69) is 54.2 Å². The van der Waals surface area contributed by atoms with Crippen LogP contribution in [0, 0.1) is 0 Å². The Morgan fingerprint density at radius 2 is 2.23 bits per heavy atom. The number of nitrogens with zero attached hydrogens (tertiary/aromatic N) is 1. The molecular formula is C9H7Br2NS. The van der Waals surface area contributed by atoms with Crippen molar-refractivity contribution in [2.75, 3.05) is 5.33 Å². The van der Waals surface area contributed by atoms with Crippen molar-refractivity contribution in [1.29, 1.82) is 0 Å². The number of hydrogen-bond donors (Lipinski definition) is 0. The largest absolute Gasteiger partial charge is 0.194 e. The van der Waals surface area contributed by atoms with Gasteiger partial charge in [-0.2, -0.15) is 4.99 Å². The van der Waals surface area contributed by atoms with Crippen molar-refractivity contribution in [1.82, 2.24) is 0 Å². The Morgan fingerprint density at radius 1 is 1.46 bits per heavy atom. The summed E-state index contributed by atoms with van der Waals surface area (Å²) in [5.41, 5.74) is 2.10. The second-order valence-corrected chi connectivity index (χ2v) is 4.26. The van der Waals surface area contributed by atoms with E-state index in [9.17, 15) is 0 Å². The molecule has 0 fully saturated rings. The molecule has 68 valence electrons. The Kier molecular flexibility index (Phi) is 4.81. The molecule has 1 aromatic rings. The van der Waals surface area contributed by atoms with Gasteiger partial charge in [0.05, 0.1) is 10.8 Å². The lowest BCUT2D eigenvalue weighted by atomic mass is 10.1. The number of thiocarbonyl (C=S) groups is 1. The summed E-state index contributed by atoms with van der Waals surface area (Å²) in [4.78, 5) is 3.91. The van der Waals surface area contributed by atoms with Crippen LogP contribution >= 0.6 is 44.1 Å². The van der Waals surface area contributed by atoms with Crippen LogP contribution in [0.25, 0.3) is 0 Å². The lowest BCUT2D eigenvalue weighted by molar-refractivity contribution is 1.16. The van der Waals surface area contributed by atoms with Crippen LogP contribution in [-0.2, 0) is 6.42 Å². The van der Waals surface area contributed by atoms with Crippen LogP contribution in [-0.4, -0.2) is 10.5 Å². The average molecular weight is 321 g/mol. The van der Waals surface area contributed by atoms with Crippen LogP contribution in [0.15, 0.2) is 27.7 Å². The Balaban J connectivity index is 2.98. The molecule has 0 unspecified atom stereocenters. The molecule has 0 heterocycles. The van der Waals surface area contributed by atoms with E-state index in [0.29, 0.717) is 0 Å². The van der Waals surface area contributed by atoms with Crippen LogP contribution in [0.5, 0.6) is 0 Å². The maximum absolute atomic E-state index is 4.53. The smallest absolute Gasteiger partial charge is 0.0881 e. The van der Waals surface area contributed by atoms with Crippen LogP contribution in [0.2, 0.25) is 0 Å². The van der Waals surface area contributed by atoms with Crippen LogP contribution in [0.4, 0.5) is 5.69 Å². The van der Waals surface area contributed by atoms with E-state index in [1.165, 1.54) is 5.56 Å². The van der Waals surface area contributed by atoms with E-state index >= 15 is 0 Å². The zero-order chi connectivity index (χ0) is 9.68. The van der Waals surface area contributed by atoms with Gasteiger partial charge in [-0.05, 0) is 52.3 Å². The van der Waals surface area contributed by atoms with E-state index in [0.717, 1.165) is 21.9 Å². The number of hydrogen-bond acceptors (Lipinski definition) is 2. The standard InChI is InChI=1S/C9H7Br2NS/c10-4-3-7-1-2-9(12-6-13)8(11)5-7/h1-2,5H,3-4H2. The molecule has 13 heavy (non-hydrogen) atoms. The van der Waals surface area contributed by atoms with Gasteiger partial charge in [-0.1, -0.05) is 22.0 Å². The van der Waals surface area contributed by atoms with Crippen molar-refractivity contribution in [2.24, 2.45) is 4.99 Å². The van der Waals surface area contributed by atoms with E-state index in [1.807, 2.05) is 18.2 Å². The molecule has 0 aliphatic carbocycles. The van der Waals surface area contributed by atoms with Gasteiger partial charge in [-0.15, -0.1) is 0 Å². The molecule has 1 aromatic carbocycles. The number of halogens is 2. The Morgan fingerprint density at radius 3 is 2.77 bits per heavy atom. The van der Waals surface area contributed by atoms with Gasteiger partial charge in [0, 0.05) is 9.80 Å². The number of benzene rings is 1. The molecule has 0 saturated carbocycles. The quantitative estimate of drug-likeness (QED) is 0.463. The summed E-state index contributed by atoms with van der Waals surface area (Å²) in [5.74, 6) is 0. The maximum Gasteiger partial charge on any atom is 0.0881 e. The summed E-state index contributed by atoms with van der Waals surface area (Å²) in [6.07, 6.45) is 1.01. The van der Waals surface area contributed by atoms with Crippen molar-refractivity contribution < 1.29 is 0 Å². The molecule has 0 bridgehead atoms. The average Bonchev–Trinajstić information content (AvgIpc) is 2.10. The Bertz CT molecular complexity index is 345. The summed E-state index contributed by atoms with van der Waals surface area (Å²) in [6, 6.07) is 6.02. The zero-order valence-corrected chi connectivity index (χ0v) is 10.7. The van der Waals surface area contributed by atoms with Gasteiger partial charge < -0.3 is 0 Å². The van der Waals surface area contributed by atoms with Crippen molar-refractivity contribution in [3.05, 3.63) is 28.2 Å². The predicted octanol–water partition coefficient (Wildman–Crippen LogP) is 4.12. The molecule has 0 atom stereocenters. The summed E-state index contributed by atoms with van der Waals surface area (Å²) in [5, 5.41) is 3.31. The van der Waals surface area contributed by atoms with Gasteiger partial charge in [0.15, 0.2) is 0 Å². The predicted molar refractivity (Wildman–Crippen MR) is 66.3 cm³/mol. The number of aliphatic imine (C=N–C) groups is 1. The van der Waals surface area contributed by atoms with Gasteiger partial charge >= 0.3 is 0 Å². The third kappa shape index (κ3) is 3.31. The van der Waals surface area contributed by atoms with Crippen LogP contribution in [0.3, 0.4) is 0 Å².